The van der Waals surface area contributed by atoms with Crippen LogP contribution in [0.3, 0.4) is 0 Å². The summed E-state index contributed by atoms with van der Waals surface area (Å²) in [5.41, 5.74) is 0.429. The van der Waals surface area contributed by atoms with Crippen molar-refractivity contribution in [3.63, 3.8) is 0 Å². The summed E-state index contributed by atoms with van der Waals surface area (Å²) in [6.07, 6.45) is 2.20. The fraction of sp³-hybridized carbons (Fsp3) is 0.556. The third kappa shape index (κ3) is 3.11. The van der Waals surface area contributed by atoms with E-state index in [1.54, 1.807) is 21.0 Å². The lowest BCUT2D eigenvalue weighted by Gasteiger charge is -2.26. The van der Waals surface area contributed by atoms with Gasteiger partial charge in [0.25, 0.3) is 5.91 Å². The first-order valence-corrected chi connectivity index (χ1v) is 8.44. The number of nitrogens with one attached hydrogen (secondary N) is 1. The smallest absolute Gasteiger partial charge is 0.325 e. The Morgan fingerprint density at radius 3 is 2.75 bits per heavy atom. The number of hydrogen-bond donors (Lipinski definition) is 1. The third-order valence-electron chi connectivity index (χ3n) is 4.90. The van der Waals surface area contributed by atoms with Gasteiger partial charge in [0.2, 0.25) is 0 Å². The lowest BCUT2D eigenvalue weighted by Crippen LogP contribution is -2.41. The SMILES string of the molecule is COc1cccc([C@@H]2CCCN2CCN2C(=O)NC(C)(C)C2=O)c1. The van der Waals surface area contributed by atoms with Crippen molar-refractivity contribution < 1.29 is 14.3 Å². The van der Waals surface area contributed by atoms with E-state index < -0.39 is 5.54 Å². The summed E-state index contributed by atoms with van der Waals surface area (Å²) in [5.74, 6) is 0.708. The van der Waals surface area contributed by atoms with Gasteiger partial charge in [0.1, 0.15) is 11.3 Å². The second-order valence-electron chi connectivity index (χ2n) is 6.98. The van der Waals surface area contributed by atoms with Crippen LogP contribution in [0.25, 0.3) is 0 Å². The summed E-state index contributed by atoms with van der Waals surface area (Å²) in [6, 6.07) is 8.15. The molecule has 6 nitrogen and oxygen atoms in total. The molecule has 3 rings (SSSR count). The first-order valence-electron chi connectivity index (χ1n) is 8.44. The molecule has 2 fully saturated rings. The lowest BCUT2D eigenvalue weighted by molar-refractivity contribution is -0.130. The van der Waals surface area contributed by atoms with Crippen molar-refractivity contribution in [1.29, 1.82) is 0 Å². The number of hydrogen-bond acceptors (Lipinski definition) is 4. The zero-order chi connectivity index (χ0) is 17.3. The Hall–Kier alpha value is -2.08. The first-order chi connectivity index (χ1) is 11.4. The second kappa shape index (κ2) is 6.43. The van der Waals surface area contributed by atoms with E-state index in [4.69, 9.17) is 4.74 Å². The highest BCUT2D eigenvalue weighted by molar-refractivity contribution is 6.06. The molecule has 2 saturated heterocycles. The minimum Gasteiger partial charge on any atom is -0.497 e. The Kier molecular flexibility index (Phi) is 4.49. The quantitative estimate of drug-likeness (QED) is 0.840. The molecular formula is C18H25N3O3. The van der Waals surface area contributed by atoms with Gasteiger partial charge in [0.15, 0.2) is 0 Å². The van der Waals surface area contributed by atoms with Gasteiger partial charge in [-0.1, -0.05) is 12.1 Å². The maximum atomic E-state index is 12.3. The fourth-order valence-corrected chi connectivity index (χ4v) is 3.57. The second-order valence-corrected chi connectivity index (χ2v) is 6.98. The van der Waals surface area contributed by atoms with Crippen molar-refractivity contribution in [2.75, 3.05) is 26.7 Å². The van der Waals surface area contributed by atoms with Crippen LogP contribution in [0.4, 0.5) is 4.79 Å². The van der Waals surface area contributed by atoms with E-state index in [0.717, 1.165) is 25.1 Å². The molecule has 1 aromatic carbocycles. The van der Waals surface area contributed by atoms with Gasteiger partial charge in [-0.05, 0) is 50.9 Å². The average Bonchev–Trinajstić information content (AvgIpc) is 3.09. The summed E-state index contributed by atoms with van der Waals surface area (Å²) in [6.45, 7) is 5.57. The van der Waals surface area contributed by atoms with Crippen LogP contribution in [0.5, 0.6) is 5.75 Å². The van der Waals surface area contributed by atoms with Gasteiger partial charge in [-0.25, -0.2) is 4.79 Å². The van der Waals surface area contributed by atoms with Gasteiger partial charge in [0.05, 0.1) is 7.11 Å². The zero-order valence-corrected chi connectivity index (χ0v) is 14.5. The highest BCUT2D eigenvalue weighted by Gasteiger charge is 2.44. The topological polar surface area (TPSA) is 61.9 Å². The first kappa shape index (κ1) is 16.8. The van der Waals surface area contributed by atoms with Crippen molar-refractivity contribution in [3.05, 3.63) is 29.8 Å². The Morgan fingerprint density at radius 1 is 1.29 bits per heavy atom. The number of methoxy groups -OCH3 is 1. The van der Waals surface area contributed by atoms with E-state index in [0.29, 0.717) is 19.1 Å². The maximum absolute atomic E-state index is 12.3. The zero-order valence-electron chi connectivity index (χ0n) is 14.5. The summed E-state index contributed by atoms with van der Waals surface area (Å²) in [7, 11) is 1.67. The van der Waals surface area contributed by atoms with E-state index in [-0.39, 0.29) is 11.9 Å². The Labute approximate surface area is 142 Å². The van der Waals surface area contributed by atoms with E-state index in [1.165, 1.54) is 10.5 Å². The monoisotopic (exact) mass is 331 g/mol. The average molecular weight is 331 g/mol. The Bertz CT molecular complexity index is 644. The largest absolute Gasteiger partial charge is 0.497 e. The van der Waals surface area contributed by atoms with Crippen molar-refractivity contribution in [1.82, 2.24) is 15.1 Å². The standard InChI is InChI=1S/C18H25N3O3/c1-18(2)16(22)21(17(23)19-18)11-10-20-9-5-8-15(20)13-6-4-7-14(12-13)24-3/h4,6-7,12,15H,5,8-11H2,1-3H3,(H,19,23)/t15-/m0/s1. The molecule has 3 amide bonds. The van der Waals surface area contributed by atoms with Crippen LogP contribution >= 0.6 is 0 Å². The van der Waals surface area contributed by atoms with Gasteiger partial charge in [0, 0.05) is 19.1 Å². The Morgan fingerprint density at radius 2 is 2.08 bits per heavy atom. The summed E-state index contributed by atoms with van der Waals surface area (Å²) in [4.78, 5) is 28.0. The van der Waals surface area contributed by atoms with E-state index in [2.05, 4.69) is 22.3 Å². The number of carbonyl (C=O) groups excluding carboxylic acids is 2. The molecule has 2 aliphatic rings. The molecule has 0 saturated carbocycles. The molecule has 0 unspecified atom stereocenters. The van der Waals surface area contributed by atoms with Crippen LogP contribution in [0.1, 0.15) is 38.3 Å². The summed E-state index contributed by atoms with van der Waals surface area (Å²) >= 11 is 0. The number of rotatable bonds is 5. The lowest BCUT2D eigenvalue weighted by atomic mass is 10.0. The molecule has 2 aliphatic heterocycles. The Balaban J connectivity index is 1.66. The number of likely N-dealkylation sites (tertiary alicyclic amines) is 1. The third-order valence-corrected chi connectivity index (χ3v) is 4.90. The van der Waals surface area contributed by atoms with E-state index >= 15 is 0 Å². The predicted molar refractivity (Wildman–Crippen MR) is 90.9 cm³/mol. The number of imide groups is 1. The molecule has 0 spiro atoms. The minimum atomic E-state index is -0.797. The van der Waals surface area contributed by atoms with Gasteiger partial charge >= 0.3 is 6.03 Å². The number of urea groups is 1. The van der Waals surface area contributed by atoms with Gasteiger partial charge in [-0.3, -0.25) is 14.6 Å². The van der Waals surface area contributed by atoms with Crippen molar-refractivity contribution in [2.45, 2.75) is 38.3 Å². The molecule has 2 heterocycles. The van der Waals surface area contributed by atoms with Gasteiger partial charge < -0.3 is 10.1 Å². The number of nitrogens with zero attached hydrogens (tertiary/aromatic N) is 2. The molecule has 130 valence electrons. The number of carbonyl (C=O) groups is 2. The molecule has 1 aromatic rings. The highest BCUT2D eigenvalue weighted by atomic mass is 16.5. The summed E-state index contributed by atoms with van der Waals surface area (Å²) in [5, 5.41) is 2.73. The van der Waals surface area contributed by atoms with E-state index in [1.807, 2.05) is 12.1 Å². The molecular weight excluding hydrogens is 306 g/mol. The number of amides is 3. The van der Waals surface area contributed by atoms with Crippen LogP contribution in [-0.2, 0) is 4.79 Å². The number of benzene rings is 1. The maximum Gasteiger partial charge on any atom is 0.325 e. The molecule has 0 bridgehead atoms. The van der Waals surface area contributed by atoms with Crippen LogP contribution in [0.2, 0.25) is 0 Å². The fourth-order valence-electron chi connectivity index (χ4n) is 3.57. The van der Waals surface area contributed by atoms with E-state index in [9.17, 15) is 9.59 Å². The van der Waals surface area contributed by atoms with Crippen LogP contribution in [0, 0.1) is 0 Å². The minimum absolute atomic E-state index is 0.148. The van der Waals surface area contributed by atoms with Crippen LogP contribution in [-0.4, -0.2) is 54.0 Å². The van der Waals surface area contributed by atoms with Crippen molar-refractivity contribution >= 4 is 11.9 Å². The molecule has 1 atom stereocenters. The normalized spacial score (nSPS) is 23.6. The van der Waals surface area contributed by atoms with Crippen molar-refractivity contribution in [2.24, 2.45) is 0 Å². The van der Waals surface area contributed by atoms with Crippen LogP contribution in [0.15, 0.2) is 24.3 Å². The van der Waals surface area contributed by atoms with Crippen LogP contribution < -0.4 is 10.1 Å². The molecule has 0 aromatic heterocycles. The molecule has 0 radical (unpaired) electrons. The highest BCUT2D eigenvalue weighted by Crippen LogP contribution is 2.33. The van der Waals surface area contributed by atoms with Gasteiger partial charge in [-0.15, -0.1) is 0 Å². The molecule has 1 N–H and O–H groups in total. The van der Waals surface area contributed by atoms with Gasteiger partial charge in [-0.2, -0.15) is 0 Å². The summed E-state index contributed by atoms with van der Waals surface area (Å²) < 4.78 is 5.32. The molecule has 0 aliphatic carbocycles. The molecule has 6 heteroatoms. The molecule has 24 heavy (non-hydrogen) atoms. The number of ether oxygens (including phenoxy) is 1. The predicted octanol–water partition coefficient (Wildman–Crippen LogP) is 2.16. The van der Waals surface area contributed by atoms with Crippen molar-refractivity contribution in [3.8, 4) is 5.75 Å².